The third-order valence-electron chi connectivity index (χ3n) is 4.42. The molecular formula is C13H26N2. The van der Waals surface area contributed by atoms with Crippen LogP contribution in [0, 0.1) is 11.8 Å². The highest BCUT2D eigenvalue weighted by atomic mass is 15.2. The summed E-state index contributed by atoms with van der Waals surface area (Å²) in [7, 11) is 0. The largest absolute Gasteiger partial charge is 0.271 e. The Hall–Kier alpha value is -0.0800. The molecule has 0 spiro atoms. The fraction of sp³-hybridized carbons (Fsp3) is 1.00. The van der Waals surface area contributed by atoms with Crippen LogP contribution >= 0.6 is 0 Å². The van der Waals surface area contributed by atoms with E-state index in [4.69, 9.17) is 5.84 Å². The third-order valence-corrected chi connectivity index (χ3v) is 4.42. The molecule has 0 radical (unpaired) electrons. The molecule has 0 aliphatic heterocycles. The van der Waals surface area contributed by atoms with Crippen LogP contribution in [-0.2, 0) is 0 Å². The Morgan fingerprint density at radius 2 is 1.27 bits per heavy atom. The van der Waals surface area contributed by atoms with Gasteiger partial charge in [0.25, 0.3) is 0 Å². The molecule has 2 aliphatic rings. The van der Waals surface area contributed by atoms with Gasteiger partial charge in [-0.15, -0.1) is 0 Å². The average molecular weight is 210 g/mol. The van der Waals surface area contributed by atoms with Gasteiger partial charge in [0.1, 0.15) is 0 Å². The normalized spacial score (nSPS) is 24.4. The number of rotatable bonds is 5. The molecule has 0 aromatic rings. The Morgan fingerprint density at radius 1 is 0.867 bits per heavy atom. The van der Waals surface area contributed by atoms with Crippen LogP contribution in [0.15, 0.2) is 0 Å². The van der Waals surface area contributed by atoms with Crippen LogP contribution in [0.2, 0.25) is 0 Å². The van der Waals surface area contributed by atoms with Crippen LogP contribution in [-0.4, -0.2) is 6.04 Å². The van der Waals surface area contributed by atoms with Crippen molar-refractivity contribution < 1.29 is 0 Å². The van der Waals surface area contributed by atoms with Gasteiger partial charge in [0.2, 0.25) is 0 Å². The molecule has 2 aliphatic carbocycles. The average Bonchev–Trinajstić information content (AvgIpc) is 2.89. The highest BCUT2D eigenvalue weighted by molar-refractivity contribution is 4.78. The molecule has 0 amide bonds. The van der Waals surface area contributed by atoms with Crippen LogP contribution in [0.4, 0.5) is 0 Å². The van der Waals surface area contributed by atoms with Crippen molar-refractivity contribution in [3.8, 4) is 0 Å². The van der Waals surface area contributed by atoms with Gasteiger partial charge in [-0.2, -0.15) is 0 Å². The number of hydrazine groups is 1. The van der Waals surface area contributed by atoms with Gasteiger partial charge in [0.15, 0.2) is 0 Å². The zero-order valence-corrected chi connectivity index (χ0v) is 9.88. The lowest BCUT2D eigenvalue weighted by Gasteiger charge is -2.22. The first-order chi connectivity index (χ1) is 7.38. The maximum Gasteiger partial charge on any atom is 0.0215 e. The van der Waals surface area contributed by atoms with E-state index < -0.39 is 0 Å². The van der Waals surface area contributed by atoms with E-state index in [0.29, 0.717) is 6.04 Å². The molecule has 0 aromatic heterocycles. The fourth-order valence-corrected chi connectivity index (χ4v) is 3.53. The number of hydrogen-bond acceptors (Lipinski definition) is 2. The van der Waals surface area contributed by atoms with Crippen LogP contribution in [0.3, 0.4) is 0 Å². The summed E-state index contributed by atoms with van der Waals surface area (Å²) in [6.07, 6.45) is 14.2. The summed E-state index contributed by atoms with van der Waals surface area (Å²) < 4.78 is 0. The summed E-state index contributed by atoms with van der Waals surface area (Å²) in [5, 5.41) is 0. The minimum Gasteiger partial charge on any atom is -0.271 e. The van der Waals surface area contributed by atoms with Gasteiger partial charge in [0, 0.05) is 6.04 Å². The quantitative estimate of drug-likeness (QED) is 0.541. The maximum absolute atomic E-state index is 5.68. The van der Waals surface area contributed by atoms with Gasteiger partial charge in [-0.1, -0.05) is 51.4 Å². The number of hydrogen-bond donors (Lipinski definition) is 2. The Morgan fingerprint density at radius 3 is 1.60 bits per heavy atom. The van der Waals surface area contributed by atoms with E-state index in [2.05, 4.69) is 5.43 Å². The second kappa shape index (κ2) is 5.86. The molecule has 0 heterocycles. The zero-order valence-electron chi connectivity index (χ0n) is 9.88. The molecule has 0 bridgehead atoms. The van der Waals surface area contributed by atoms with E-state index in [0.717, 1.165) is 11.8 Å². The molecule has 0 saturated heterocycles. The first kappa shape index (κ1) is 11.4. The van der Waals surface area contributed by atoms with Crippen molar-refractivity contribution in [3.63, 3.8) is 0 Å². The number of nitrogens with two attached hydrogens (primary N) is 1. The second-order valence-corrected chi connectivity index (χ2v) is 5.64. The topological polar surface area (TPSA) is 38.0 Å². The van der Waals surface area contributed by atoms with Crippen molar-refractivity contribution in [3.05, 3.63) is 0 Å². The molecule has 0 atom stereocenters. The minimum atomic E-state index is 0.594. The third kappa shape index (κ3) is 3.46. The van der Waals surface area contributed by atoms with Gasteiger partial charge in [-0.05, 0) is 24.7 Å². The lowest BCUT2D eigenvalue weighted by atomic mass is 9.91. The summed E-state index contributed by atoms with van der Waals surface area (Å²) in [4.78, 5) is 0. The summed E-state index contributed by atoms with van der Waals surface area (Å²) >= 11 is 0. The Labute approximate surface area is 94.0 Å². The van der Waals surface area contributed by atoms with Gasteiger partial charge >= 0.3 is 0 Å². The van der Waals surface area contributed by atoms with Gasteiger partial charge in [0.05, 0.1) is 0 Å². The van der Waals surface area contributed by atoms with Crippen molar-refractivity contribution in [1.29, 1.82) is 0 Å². The first-order valence-electron chi connectivity index (χ1n) is 6.84. The molecule has 15 heavy (non-hydrogen) atoms. The van der Waals surface area contributed by atoms with Crippen molar-refractivity contribution >= 4 is 0 Å². The molecular weight excluding hydrogens is 184 g/mol. The van der Waals surface area contributed by atoms with Crippen LogP contribution < -0.4 is 11.3 Å². The SMILES string of the molecule is NNC(CC1CCCC1)CC1CCCC1. The van der Waals surface area contributed by atoms with Crippen molar-refractivity contribution in [2.24, 2.45) is 17.7 Å². The van der Waals surface area contributed by atoms with Crippen LogP contribution in [0.5, 0.6) is 0 Å². The summed E-state index contributed by atoms with van der Waals surface area (Å²) in [5.41, 5.74) is 3.06. The molecule has 2 nitrogen and oxygen atoms in total. The standard InChI is InChI=1S/C13H26N2/c14-15-13(9-11-5-1-2-6-11)10-12-7-3-4-8-12/h11-13,15H,1-10,14H2. The first-order valence-corrected chi connectivity index (χ1v) is 6.84. The Kier molecular flexibility index (Phi) is 4.45. The predicted octanol–water partition coefficient (Wildman–Crippen LogP) is 2.98. The van der Waals surface area contributed by atoms with E-state index in [1.54, 1.807) is 0 Å². The zero-order chi connectivity index (χ0) is 10.5. The van der Waals surface area contributed by atoms with Crippen molar-refractivity contribution in [1.82, 2.24) is 5.43 Å². The number of nitrogens with one attached hydrogen (secondary N) is 1. The molecule has 0 unspecified atom stereocenters. The predicted molar refractivity (Wildman–Crippen MR) is 64.3 cm³/mol. The summed E-state index contributed by atoms with van der Waals surface area (Å²) in [6, 6.07) is 0.594. The maximum atomic E-state index is 5.68. The smallest absolute Gasteiger partial charge is 0.0215 e. The molecule has 0 aromatic carbocycles. The highest BCUT2D eigenvalue weighted by Gasteiger charge is 2.23. The van der Waals surface area contributed by atoms with E-state index in [9.17, 15) is 0 Å². The lowest BCUT2D eigenvalue weighted by molar-refractivity contribution is 0.327. The summed E-state index contributed by atoms with van der Waals surface area (Å²) in [6.45, 7) is 0. The van der Waals surface area contributed by atoms with Gasteiger partial charge < -0.3 is 0 Å². The lowest BCUT2D eigenvalue weighted by Crippen LogP contribution is -2.37. The van der Waals surface area contributed by atoms with Gasteiger partial charge in [-0.25, -0.2) is 0 Å². The molecule has 2 heteroatoms. The van der Waals surface area contributed by atoms with E-state index in [1.165, 1.54) is 64.2 Å². The minimum absolute atomic E-state index is 0.594. The van der Waals surface area contributed by atoms with Crippen molar-refractivity contribution in [2.45, 2.75) is 70.3 Å². The Bertz CT molecular complexity index is 151. The van der Waals surface area contributed by atoms with Crippen LogP contribution in [0.25, 0.3) is 0 Å². The molecule has 3 N–H and O–H groups in total. The molecule has 2 fully saturated rings. The summed E-state index contributed by atoms with van der Waals surface area (Å²) in [5.74, 6) is 7.61. The van der Waals surface area contributed by atoms with E-state index in [-0.39, 0.29) is 0 Å². The van der Waals surface area contributed by atoms with Gasteiger partial charge in [-0.3, -0.25) is 11.3 Å². The van der Waals surface area contributed by atoms with Crippen LogP contribution in [0.1, 0.15) is 64.2 Å². The Balaban J connectivity index is 1.70. The molecule has 2 rings (SSSR count). The van der Waals surface area contributed by atoms with E-state index >= 15 is 0 Å². The van der Waals surface area contributed by atoms with Crippen molar-refractivity contribution in [2.75, 3.05) is 0 Å². The molecule has 2 saturated carbocycles. The van der Waals surface area contributed by atoms with E-state index in [1.807, 2.05) is 0 Å². The monoisotopic (exact) mass is 210 g/mol. The molecule has 88 valence electrons. The fourth-order valence-electron chi connectivity index (χ4n) is 3.53. The highest BCUT2D eigenvalue weighted by Crippen LogP contribution is 2.33. The second-order valence-electron chi connectivity index (χ2n) is 5.64.